The van der Waals surface area contributed by atoms with E-state index in [1.54, 1.807) is 17.9 Å². The number of hydrogen-bond donors (Lipinski definition) is 1. The molecule has 0 aromatic carbocycles. The number of nitrogens with zero attached hydrogens (tertiary/aromatic N) is 3. The van der Waals surface area contributed by atoms with Crippen molar-refractivity contribution in [2.24, 2.45) is 0 Å². The predicted octanol–water partition coefficient (Wildman–Crippen LogP) is 1.84. The first-order chi connectivity index (χ1) is 11.1. The molecule has 2 amide bonds. The number of rotatable bonds is 4. The average molecular weight is 332 g/mol. The van der Waals surface area contributed by atoms with Crippen LogP contribution in [-0.2, 0) is 17.8 Å². The zero-order valence-electron chi connectivity index (χ0n) is 13.3. The van der Waals surface area contributed by atoms with E-state index in [4.69, 9.17) is 0 Å². The molecule has 0 saturated carbocycles. The van der Waals surface area contributed by atoms with Crippen molar-refractivity contribution in [2.45, 2.75) is 32.4 Å². The first-order valence-corrected chi connectivity index (χ1v) is 8.57. The van der Waals surface area contributed by atoms with Gasteiger partial charge in [-0.15, -0.1) is 11.3 Å². The summed E-state index contributed by atoms with van der Waals surface area (Å²) in [6, 6.07) is 3.48. The van der Waals surface area contributed by atoms with Gasteiger partial charge in [0.2, 0.25) is 5.91 Å². The Bertz CT molecular complexity index is 708. The van der Waals surface area contributed by atoms with Crippen LogP contribution < -0.4 is 5.32 Å². The summed E-state index contributed by atoms with van der Waals surface area (Å²) in [4.78, 5) is 28.4. The van der Waals surface area contributed by atoms with Crippen LogP contribution in [0.3, 0.4) is 0 Å². The molecule has 1 N–H and O–H groups in total. The highest BCUT2D eigenvalue weighted by Gasteiger charge is 2.29. The first kappa shape index (κ1) is 15.7. The van der Waals surface area contributed by atoms with E-state index in [9.17, 15) is 9.59 Å². The molecule has 3 rings (SSSR count). The largest absolute Gasteiger partial charge is 0.354 e. The Kier molecular flexibility index (Phi) is 4.47. The molecule has 2 aromatic rings. The van der Waals surface area contributed by atoms with Crippen LogP contribution in [-0.4, -0.2) is 40.1 Å². The molecule has 6 nitrogen and oxygen atoms in total. The minimum absolute atomic E-state index is 0.0646. The van der Waals surface area contributed by atoms with Crippen molar-refractivity contribution in [1.82, 2.24) is 20.0 Å². The molecular formula is C16H20N4O2S. The van der Waals surface area contributed by atoms with Crippen LogP contribution in [0.1, 0.15) is 39.5 Å². The zero-order valence-corrected chi connectivity index (χ0v) is 14.1. The van der Waals surface area contributed by atoms with Gasteiger partial charge in [-0.05, 0) is 30.5 Å². The van der Waals surface area contributed by atoms with Crippen molar-refractivity contribution in [3.63, 3.8) is 0 Å². The fourth-order valence-corrected chi connectivity index (χ4v) is 4.02. The predicted molar refractivity (Wildman–Crippen MR) is 88.4 cm³/mol. The van der Waals surface area contributed by atoms with Gasteiger partial charge < -0.3 is 10.2 Å². The van der Waals surface area contributed by atoms with Gasteiger partial charge >= 0.3 is 0 Å². The van der Waals surface area contributed by atoms with Crippen LogP contribution in [0.15, 0.2) is 24.5 Å². The Morgan fingerprint density at radius 1 is 1.48 bits per heavy atom. The summed E-state index contributed by atoms with van der Waals surface area (Å²) in [5.74, 6) is 0.0276. The smallest absolute Gasteiger partial charge is 0.261 e. The van der Waals surface area contributed by atoms with Crippen LogP contribution >= 0.6 is 11.3 Å². The third kappa shape index (κ3) is 3.01. The maximum atomic E-state index is 12.8. The number of amides is 2. The van der Waals surface area contributed by atoms with Gasteiger partial charge in [0.1, 0.15) is 6.04 Å². The summed E-state index contributed by atoms with van der Waals surface area (Å²) in [6.45, 7) is 3.25. The van der Waals surface area contributed by atoms with E-state index in [1.807, 2.05) is 30.2 Å². The molecule has 122 valence electrons. The number of aromatic nitrogens is 2. The Morgan fingerprint density at radius 2 is 2.30 bits per heavy atom. The molecule has 0 aliphatic carbocycles. The van der Waals surface area contributed by atoms with Crippen molar-refractivity contribution in [3.05, 3.63) is 39.8 Å². The Morgan fingerprint density at radius 3 is 2.96 bits per heavy atom. The molecule has 0 saturated heterocycles. The molecule has 2 aromatic heterocycles. The SMILES string of the molecule is CC[C@@H](C(=O)N1CCc2sc(C(=O)NC)cc2C1)n1cccn1. The van der Waals surface area contributed by atoms with Crippen molar-refractivity contribution >= 4 is 23.2 Å². The molecule has 1 aliphatic rings. The van der Waals surface area contributed by atoms with Gasteiger partial charge in [0, 0.05) is 37.4 Å². The molecule has 0 fully saturated rings. The average Bonchev–Trinajstić information content (AvgIpc) is 3.23. The first-order valence-electron chi connectivity index (χ1n) is 7.75. The molecule has 7 heteroatoms. The normalized spacial score (nSPS) is 15.1. The van der Waals surface area contributed by atoms with Gasteiger partial charge in [-0.3, -0.25) is 14.3 Å². The van der Waals surface area contributed by atoms with E-state index in [0.717, 1.165) is 12.0 Å². The molecule has 1 aliphatic heterocycles. The minimum Gasteiger partial charge on any atom is -0.354 e. The number of fused-ring (bicyclic) bond motifs is 1. The van der Waals surface area contributed by atoms with Gasteiger partial charge in [0.15, 0.2) is 0 Å². The number of thiophene rings is 1. The number of carbonyl (C=O) groups is 2. The molecule has 3 heterocycles. The lowest BCUT2D eigenvalue weighted by Gasteiger charge is -2.30. The topological polar surface area (TPSA) is 67.2 Å². The quantitative estimate of drug-likeness (QED) is 0.929. The monoisotopic (exact) mass is 332 g/mol. The maximum absolute atomic E-state index is 12.8. The Labute approximate surface area is 139 Å². The summed E-state index contributed by atoms with van der Waals surface area (Å²) in [5, 5.41) is 6.85. The van der Waals surface area contributed by atoms with E-state index in [0.29, 0.717) is 24.4 Å². The second-order valence-corrected chi connectivity index (χ2v) is 6.69. The van der Waals surface area contributed by atoms with Crippen LogP contribution in [0.2, 0.25) is 0 Å². The molecular weight excluding hydrogens is 312 g/mol. The number of hydrogen-bond acceptors (Lipinski definition) is 4. The van der Waals surface area contributed by atoms with E-state index in [2.05, 4.69) is 10.4 Å². The van der Waals surface area contributed by atoms with E-state index in [-0.39, 0.29) is 17.9 Å². The van der Waals surface area contributed by atoms with E-state index < -0.39 is 0 Å². The highest BCUT2D eigenvalue weighted by molar-refractivity contribution is 7.14. The number of carbonyl (C=O) groups excluding carboxylic acids is 2. The highest BCUT2D eigenvalue weighted by atomic mass is 32.1. The van der Waals surface area contributed by atoms with Gasteiger partial charge in [-0.25, -0.2) is 0 Å². The van der Waals surface area contributed by atoms with Crippen molar-refractivity contribution < 1.29 is 9.59 Å². The van der Waals surface area contributed by atoms with Gasteiger partial charge in [0.25, 0.3) is 5.91 Å². The standard InChI is InChI=1S/C16H20N4O2S/c1-3-12(20-7-4-6-18-20)16(22)19-8-5-13-11(10-19)9-14(23-13)15(21)17-2/h4,6-7,9,12H,3,5,8,10H2,1-2H3,(H,17,21)/t12-/m0/s1. The van der Waals surface area contributed by atoms with Gasteiger partial charge in [-0.2, -0.15) is 5.10 Å². The molecule has 23 heavy (non-hydrogen) atoms. The third-order valence-corrected chi connectivity index (χ3v) is 5.38. The Hall–Kier alpha value is -2.15. The maximum Gasteiger partial charge on any atom is 0.261 e. The fourth-order valence-electron chi connectivity index (χ4n) is 2.91. The summed E-state index contributed by atoms with van der Waals surface area (Å²) >= 11 is 1.53. The second kappa shape index (κ2) is 6.54. The lowest BCUT2D eigenvalue weighted by atomic mass is 10.1. The fraction of sp³-hybridized carbons (Fsp3) is 0.438. The summed E-state index contributed by atoms with van der Waals surface area (Å²) < 4.78 is 1.72. The van der Waals surface area contributed by atoms with E-state index in [1.165, 1.54) is 16.2 Å². The van der Waals surface area contributed by atoms with Crippen LogP contribution in [0.25, 0.3) is 0 Å². The second-order valence-electron chi connectivity index (χ2n) is 5.56. The zero-order chi connectivity index (χ0) is 16.4. The highest BCUT2D eigenvalue weighted by Crippen LogP contribution is 2.29. The lowest BCUT2D eigenvalue weighted by molar-refractivity contribution is -0.136. The van der Waals surface area contributed by atoms with E-state index >= 15 is 0 Å². The molecule has 0 radical (unpaired) electrons. The summed E-state index contributed by atoms with van der Waals surface area (Å²) in [7, 11) is 1.63. The lowest BCUT2D eigenvalue weighted by Crippen LogP contribution is -2.40. The summed E-state index contributed by atoms with van der Waals surface area (Å²) in [5.41, 5.74) is 1.09. The van der Waals surface area contributed by atoms with Crippen LogP contribution in [0, 0.1) is 0 Å². The molecule has 0 unspecified atom stereocenters. The molecule has 0 spiro atoms. The number of nitrogens with one attached hydrogen (secondary N) is 1. The molecule has 0 bridgehead atoms. The van der Waals surface area contributed by atoms with Crippen molar-refractivity contribution in [1.29, 1.82) is 0 Å². The van der Waals surface area contributed by atoms with Crippen LogP contribution in [0.4, 0.5) is 0 Å². The minimum atomic E-state index is -0.261. The van der Waals surface area contributed by atoms with Gasteiger partial charge in [0.05, 0.1) is 4.88 Å². The van der Waals surface area contributed by atoms with Crippen LogP contribution in [0.5, 0.6) is 0 Å². The molecule has 1 atom stereocenters. The van der Waals surface area contributed by atoms with Crippen molar-refractivity contribution in [3.8, 4) is 0 Å². The third-order valence-electron chi connectivity index (χ3n) is 4.15. The Balaban J connectivity index is 1.77. The van der Waals surface area contributed by atoms with Gasteiger partial charge in [-0.1, -0.05) is 6.92 Å². The van der Waals surface area contributed by atoms with Crippen molar-refractivity contribution in [2.75, 3.05) is 13.6 Å². The summed E-state index contributed by atoms with van der Waals surface area (Å²) in [6.07, 6.45) is 5.03.